The second kappa shape index (κ2) is 11.5. The highest BCUT2D eigenvalue weighted by Gasteiger charge is 2.26. The maximum absolute atomic E-state index is 11.6. The minimum Gasteiger partial charge on any atom is -0.356 e. The van der Waals surface area contributed by atoms with Gasteiger partial charge in [0.15, 0.2) is 5.96 Å². The fourth-order valence-electron chi connectivity index (χ4n) is 3.81. The van der Waals surface area contributed by atoms with Gasteiger partial charge in [0.25, 0.3) is 0 Å². The van der Waals surface area contributed by atoms with E-state index >= 15 is 0 Å². The van der Waals surface area contributed by atoms with E-state index in [0.717, 1.165) is 38.3 Å². The lowest BCUT2D eigenvalue weighted by Gasteiger charge is -2.38. The van der Waals surface area contributed by atoms with E-state index in [4.69, 9.17) is 0 Å². The third-order valence-corrected chi connectivity index (χ3v) is 6.88. The first-order valence-corrected chi connectivity index (χ1v) is 12.4. The number of likely N-dealkylation sites (tertiary alicyclic amines) is 1. The van der Waals surface area contributed by atoms with Gasteiger partial charge < -0.3 is 10.6 Å². The predicted octanol–water partition coefficient (Wildman–Crippen LogP) is 1.88. The van der Waals surface area contributed by atoms with Crippen LogP contribution in [0.4, 0.5) is 0 Å². The molecule has 1 aliphatic heterocycles. The Kier molecular flexibility index (Phi) is 9.39. The summed E-state index contributed by atoms with van der Waals surface area (Å²) in [6.07, 6.45) is 4.16. The van der Waals surface area contributed by atoms with Gasteiger partial charge in [0.1, 0.15) is 0 Å². The zero-order chi connectivity index (χ0) is 21.3. The summed E-state index contributed by atoms with van der Waals surface area (Å²) in [6.45, 7) is 7.92. The van der Waals surface area contributed by atoms with Crippen LogP contribution < -0.4 is 10.6 Å². The topological polar surface area (TPSA) is 77.0 Å². The molecule has 2 unspecified atom stereocenters. The molecule has 0 aromatic heterocycles. The van der Waals surface area contributed by atoms with Gasteiger partial charge >= 0.3 is 0 Å². The lowest BCUT2D eigenvalue weighted by Crippen LogP contribution is -2.51. The van der Waals surface area contributed by atoms with E-state index in [1.165, 1.54) is 16.1 Å². The van der Waals surface area contributed by atoms with Gasteiger partial charge in [-0.15, -0.1) is 0 Å². The van der Waals surface area contributed by atoms with Crippen LogP contribution in [0, 0.1) is 0 Å². The normalized spacial score (nSPS) is 21.3. The van der Waals surface area contributed by atoms with Gasteiger partial charge in [-0.1, -0.05) is 37.3 Å². The molecule has 1 aliphatic rings. The summed E-state index contributed by atoms with van der Waals surface area (Å²) >= 11 is 0. The predicted molar refractivity (Wildman–Crippen MR) is 121 cm³/mol. The van der Waals surface area contributed by atoms with Crippen LogP contribution in [0.3, 0.4) is 0 Å². The van der Waals surface area contributed by atoms with Crippen LogP contribution in [0.2, 0.25) is 0 Å². The molecule has 0 spiro atoms. The van der Waals surface area contributed by atoms with E-state index in [0.29, 0.717) is 31.7 Å². The Morgan fingerprint density at radius 3 is 2.62 bits per heavy atom. The highest BCUT2D eigenvalue weighted by atomic mass is 32.2. The van der Waals surface area contributed by atoms with Crippen molar-refractivity contribution in [1.82, 2.24) is 19.8 Å². The second-order valence-corrected chi connectivity index (χ2v) is 9.76. The van der Waals surface area contributed by atoms with Crippen molar-refractivity contribution in [2.24, 2.45) is 4.99 Å². The summed E-state index contributed by atoms with van der Waals surface area (Å²) < 4.78 is 24.8. The Labute approximate surface area is 176 Å². The fraction of sp³-hybridized carbons (Fsp3) is 0.667. The molecule has 2 N–H and O–H groups in total. The highest BCUT2D eigenvalue weighted by Crippen LogP contribution is 2.19. The van der Waals surface area contributed by atoms with Crippen molar-refractivity contribution in [1.29, 1.82) is 0 Å². The van der Waals surface area contributed by atoms with Crippen molar-refractivity contribution in [3.63, 3.8) is 0 Å². The molecule has 0 amide bonds. The van der Waals surface area contributed by atoms with Crippen LogP contribution in [0.15, 0.2) is 35.3 Å². The summed E-state index contributed by atoms with van der Waals surface area (Å²) in [7, 11) is -1.35. The van der Waals surface area contributed by atoms with Crippen molar-refractivity contribution in [3.8, 4) is 0 Å². The van der Waals surface area contributed by atoms with Gasteiger partial charge in [0.05, 0.1) is 6.26 Å². The maximum Gasteiger partial charge on any atom is 0.211 e. The third-order valence-electron chi connectivity index (χ3n) is 5.51. The molecule has 2 rings (SSSR count). The molecular weight excluding hydrogens is 386 g/mol. The number of sulfonamides is 1. The number of nitrogens with zero attached hydrogens (tertiary/aromatic N) is 3. The zero-order valence-corrected chi connectivity index (χ0v) is 19.1. The van der Waals surface area contributed by atoms with Gasteiger partial charge in [-0.25, -0.2) is 12.7 Å². The first kappa shape index (κ1) is 23.6. The Morgan fingerprint density at radius 1 is 1.31 bits per heavy atom. The van der Waals surface area contributed by atoms with Crippen LogP contribution >= 0.6 is 0 Å². The summed E-state index contributed by atoms with van der Waals surface area (Å²) in [5.74, 6) is 0.793. The molecule has 1 fully saturated rings. The lowest BCUT2D eigenvalue weighted by molar-refractivity contribution is 0.134. The summed E-state index contributed by atoms with van der Waals surface area (Å²) in [4.78, 5) is 6.86. The average Bonchev–Trinajstić information content (AvgIpc) is 2.69. The lowest BCUT2D eigenvalue weighted by atomic mass is 9.97. The molecule has 2 atom stereocenters. The SMILES string of the molecule is CCN(CCCNC(=NC)NC1CCN(Cc2ccccc2)C(C)C1)S(C)(=O)=O. The van der Waals surface area contributed by atoms with Crippen LogP contribution in [-0.4, -0.2) is 75.1 Å². The highest BCUT2D eigenvalue weighted by molar-refractivity contribution is 7.88. The molecule has 1 saturated heterocycles. The van der Waals surface area contributed by atoms with Crippen LogP contribution in [0.1, 0.15) is 38.7 Å². The fourth-order valence-corrected chi connectivity index (χ4v) is 4.74. The van der Waals surface area contributed by atoms with E-state index in [2.05, 4.69) is 57.8 Å². The molecule has 29 heavy (non-hydrogen) atoms. The van der Waals surface area contributed by atoms with Crippen molar-refractivity contribution >= 4 is 16.0 Å². The number of guanidine groups is 1. The van der Waals surface area contributed by atoms with Gasteiger partial charge in [0.2, 0.25) is 10.0 Å². The first-order valence-electron chi connectivity index (χ1n) is 10.5. The molecule has 7 nitrogen and oxygen atoms in total. The molecule has 0 radical (unpaired) electrons. The van der Waals surface area contributed by atoms with Crippen LogP contribution in [0.25, 0.3) is 0 Å². The van der Waals surface area contributed by atoms with E-state index in [9.17, 15) is 8.42 Å². The molecule has 8 heteroatoms. The zero-order valence-electron chi connectivity index (χ0n) is 18.3. The Bertz CT molecular complexity index is 739. The molecule has 1 aromatic rings. The number of benzene rings is 1. The van der Waals surface area contributed by atoms with Gasteiger partial charge in [0, 0.05) is 51.9 Å². The quantitative estimate of drug-likeness (QED) is 0.360. The summed E-state index contributed by atoms with van der Waals surface area (Å²) in [6, 6.07) is 11.5. The molecule has 0 saturated carbocycles. The van der Waals surface area contributed by atoms with E-state index < -0.39 is 10.0 Å². The molecule has 0 aliphatic carbocycles. The Hall–Kier alpha value is -1.64. The monoisotopic (exact) mass is 423 g/mol. The molecular formula is C21H37N5O2S. The number of nitrogens with one attached hydrogen (secondary N) is 2. The average molecular weight is 424 g/mol. The number of piperidine rings is 1. The van der Waals surface area contributed by atoms with Crippen molar-refractivity contribution < 1.29 is 8.42 Å². The summed E-state index contributed by atoms with van der Waals surface area (Å²) in [5.41, 5.74) is 1.36. The minimum absolute atomic E-state index is 0.395. The minimum atomic E-state index is -3.12. The van der Waals surface area contributed by atoms with E-state index in [-0.39, 0.29) is 0 Å². The molecule has 1 heterocycles. The van der Waals surface area contributed by atoms with Crippen LogP contribution in [0.5, 0.6) is 0 Å². The second-order valence-electron chi connectivity index (χ2n) is 7.78. The Balaban J connectivity index is 1.73. The summed E-state index contributed by atoms with van der Waals surface area (Å²) in [5, 5.41) is 6.85. The molecule has 164 valence electrons. The van der Waals surface area contributed by atoms with Gasteiger partial charge in [-0.05, 0) is 31.7 Å². The smallest absolute Gasteiger partial charge is 0.211 e. The van der Waals surface area contributed by atoms with Crippen molar-refractivity contribution in [2.75, 3.05) is 39.5 Å². The maximum atomic E-state index is 11.6. The number of hydrogen-bond acceptors (Lipinski definition) is 4. The number of hydrogen-bond donors (Lipinski definition) is 2. The number of aliphatic imine (C=N–C) groups is 1. The van der Waals surface area contributed by atoms with Gasteiger partial charge in [-0.3, -0.25) is 9.89 Å². The van der Waals surface area contributed by atoms with E-state index in [1.54, 1.807) is 7.05 Å². The largest absolute Gasteiger partial charge is 0.356 e. The van der Waals surface area contributed by atoms with E-state index in [1.807, 2.05) is 6.92 Å². The first-order chi connectivity index (χ1) is 13.8. The Morgan fingerprint density at radius 2 is 2.03 bits per heavy atom. The molecule has 1 aromatic carbocycles. The van der Waals surface area contributed by atoms with Gasteiger partial charge in [-0.2, -0.15) is 0 Å². The third kappa shape index (κ3) is 7.95. The number of rotatable bonds is 9. The standard InChI is InChI=1S/C21H37N5O2S/c1-5-26(29(4,27)28)14-9-13-23-21(22-3)24-20-12-15-25(18(2)16-20)17-19-10-7-6-8-11-19/h6-8,10-11,18,20H,5,9,12-17H2,1-4H3,(H2,22,23,24). The van der Waals surface area contributed by atoms with Crippen LogP contribution in [-0.2, 0) is 16.6 Å². The van der Waals surface area contributed by atoms with Crippen molar-refractivity contribution in [3.05, 3.63) is 35.9 Å². The molecule has 0 bridgehead atoms. The van der Waals surface area contributed by atoms with Crippen molar-refractivity contribution in [2.45, 2.75) is 51.7 Å².